The molecule has 4 saturated carbocycles. The molecule has 1 aromatic carbocycles. The highest BCUT2D eigenvalue weighted by Crippen LogP contribution is 2.54. The van der Waals surface area contributed by atoms with Crippen LogP contribution in [0.25, 0.3) is 0 Å². The van der Waals surface area contributed by atoms with Crippen LogP contribution in [0.15, 0.2) is 24.3 Å². The quantitative estimate of drug-likeness (QED) is 0.843. The monoisotopic (exact) mass is 359 g/mol. The number of nitrogens with two attached hydrogens (primary N) is 1. The Balaban J connectivity index is 1.37. The van der Waals surface area contributed by atoms with Crippen LogP contribution in [0, 0.1) is 17.8 Å². The normalized spacial score (nSPS) is 39.5. The molecule has 0 radical (unpaired) electrons. The number of anilines is 1. The molecule has 1 heterocycles. The summed E-state index contributed by atoms with van der Waals surface area (Å²) >= 11 is 6.04. The molecule has 4 nitrogen and oxygen atoms in total. The van der Waals surface area contributed by atoms with E-state index in [1.165, 1.54) is 43.4 Å². The topological polar surface area (TPSA) is 54.0 Å². The number of halogens is 1. The van der Waals surface area contributed by atoms with Crippen molar-refractivity contribution in [1.29, 1.82) is 0 Å². The number of imide groups is 1. The number of carbonyl (C=O) groups is 2. The minimum absolute atomic E-state index is 0.0667. The predicted octanol–water partition coefficient (Wildman–Crippen LogP) is 2.50. The fourth-order valence-corrected chi connectivity index (χ4v) is 6.67. The molecule has 132 valence electrons. The number of quaternary nitrogens is 1. The Bertz CT molecular complexity index is 712. The second kappa shape index (κ2) is 5.55. The van der Waals surface area contributed by atoms with Gasteiger partial charge >= 0.3 is 0 Å². The Kier molecular flexibility index (Phi) is 3.52. The molecule has 0 aromatic heterocycles. The van der Waals surface area contributed by atoms with Crippen molar-refractivity contribution in [2.75, 3.05) is 4.90 Å². The summed E-state index contributed by atoms with van der Waals surface area (Å²) in [5.74, 6) is 2.37. The molecule has 1 aliphatic heterocycles. The van der Waals surface area contributed by atoms with Gasteiger partial charge in [-0.05, 0) is 55.2 Å². The molecule has 6 rings (SSSR count). The van der Waals surface area contributed by atoms with Gasteiger partial charge in [-0.2, -0.15) is 0 Å². The first-order valence-corrected chi connectivity index (χ1v) is 9.87. The van der Waals surface area contributed by atoms with Gasteiger partial charge in [-0.15, -0.1) is 0 Å². The fraction of sp³-hybridized carbons (Fsp3) is 0.600. The zero-order valence-electron chi connectivity index (χ0n) is 14.3. The van der Waals surface area contributed by atoms with Crippen LogP contribution in [-0.4, -0.2) is 23.4 Å². The highest BCUT2D eigenvalue weighted by Gasteiger charge is 2.56. The van der Waals surface area contributed by atoms with E-state index in [0.29, 0.717) is 17.1 Å². The van der Waals surface area contributed by atoms with Crippen molar-refractivity contribution in [2.24, 2.45) is 17.8 Å². The molecule has 5 heteroatoms. The summed E-state index contributed by atoms with van der Waals surface area (Å²) in [4.78, 5) is 26.9. The zero-order chi connectivity index (χ0) is 17.2. The maximum Gasteiger partial charge on any atom is 0.292 e. The van der Waals surface area contributed by atoms with Crippen molar-refractivity contribution in [3.8, 4) is 0 Å². The van der Waals surface area contributed by atoms with Crippen LogP contribution in [0.3, 0.4) is 0 Å². The van der Waals surface area contributed by atoms with Crippen LogP contribution in [0.5, 0.6) is 0 Å². The lowest BCUT2D eigenvalue weighted by atomic mass is 9.53. The van der Waals surface area contributed by atoms with Gasteiger partial charge in [0.15, 0.2) is 6.04 Å². The summed E-state index contributed by atoms with van der Waals surface area (Å²) in [5, 5.41) is 2.84. The number of carbonyl (C=O) groups excluding carboxylic acids is 2. The number of rotatable bonds is 3. The molecule has 5 fully saturated rings. The third-order valence-electron chi connectivity index (χ3n) is 6.89. The molecule has 0 unspecified atom stereocenters. The van der Waals surface area contributed by atoms with Gasteiger partial charge in [-0.3, -0.25) is 9.59 Å². The predicted molar refractivity (Wildman–Crippen MR) is 95.2 cm³/mol. The molecule has 2 N–H and O–H groups in total. The van der Waals surface area contributed by atoms with Gasteiger partial charge in [0, 0.05) is 24.3 Å². The Hall–Kier alpha value is -1.39. The van der Waals surface area contributed by atoms with Crippen molar-refractivity contribution < 1.29 is 14.9 Å². The van der Waals surface area contributed by atoms with E-state index in [1.54, 1.807) is 24.3 Å². The minimum atomic E-state index is -0.261. The second-order valence-corrected chi connectivity index (χ2v) is 9.24. The van der Waals surface area contributed by atoms with Crippen LogP contribution < -0.4 is 10.2 Å². The van der Waals surface area contributed by atoms with Gasteiger partial charge in [0.05, 0.1) is 17.6 Å². The Labute approximate surface area is 152 Å². The molecule has 1 atom stereocenters. The largest absolute Gasteiger partial charge is 0.331 e. The van der Waals surface area contributed by atoms with Gasteiger partial charge in [0.25, 0.3) is 5.91 Å². The number of amides is 2. The lowest BCUT2D eigenvalue weighted by Crippen LogP contribution is -3.03. The van der Waals surface area contributed by atoms with Crippen LogP contribution in [0.1, 0.15) is 44.9 Å². The Morgan fingerprint density at radius 1 is 1.04 bits per heavy atom. The van der Waals surface area contributed by atoms with E-state index in [-0.39, 0.29) is 23.4 Å². The average Bonchev–Trinajstić information content (AvgIpc) is 2.79. The highest BCUT2D eigenvalue weighted by atomic mass is 35.5. The van der Waals surface area contributed by atoms with Crippen molar-refractivity contribution in [2.45, 2.75) is 56.5 Å². The van der Waals surface area contributed by atoms with E-state index in [9.17, 15) is 9.59 Å². The van der Waals surface area contributed by atoms with E-state index in [2.05, 4.69) is 5.32 Å². The van der Waals surface area contributed by atoms with E-state index in [1.807, 2.05) is 0 Å². The number of hydrogen-bond acceptors (Lipinski definition) is 2. The smallest absolute Gasteiger partial charge is 0.292 e. The van der Waals surface area contributed by atoms with Crippen molar-refractivity contribution in [3.63, 3.8) is 0 Å². The van der Waals surface area contributed by atoms with E-state index in [4.69, 9.17) is 11.6 Å². The van der Waals surface area contributed by atoms with Crippen molar-refractivity contribution >= 4 is 29.1 Å². The minimum Gasteiger partial charge on any atom is -0.331 e. The molecule has 0 spiro atoms. The van der Waals surface area contributed by atoms with Crippen LogP contribution in [0.4, 0.5) is 5.69 Å². The highest BCUT2D eigenvalue weighted by molar-refractivity contribution is 6.31. The lowest BCUT2D eigenvalue weighted by Gasteiger charge is -2.55. The lowest BCUT2D eigenvalue weighted by molar-refractivity contribution is -0.755. The first-order valence-electron chi connectivity index (χ1n) is 9.50. The number of benzene rings is 1. The van der Waals surface area contributed by atoms with Gasteiger partial charge < -0.3 is 5.32 Å². The van der Waals surface area contributed by atoms with Crippen LogP contribution in [0.2, 0.25) is 5.02 Å². The van der Waals surface area contributed by atoms with E-state index < -0.39 is 0 Å². The molecular formula is C20H24ClN2O2+. The van der Waals surface area contributed by atoms with Crippen LogP contribution in [-0.2, 0) is 9.59 Å². The van der Waals surface area contributed by atoms with E-state index in [0.717, 1.165) is 17.8 Å². The summed E-state index contributed by atoms with van der Waals surface area (Å²) in [6.45, 7) is 0. The Morgan fingerprint density at radius 2 is 1.68 bits per heavy atom. The van der Waals surface area contributed by atoms with Crippen LogP contribution >= 0.6 is 11.6 Å². The van der Waals surface area contributed by atoms with Gasteiger partial charge in [-0.1, -0.05) is 17.7 Å². The van der Waals surface area contributed by atoms with Gasteiger partial charge in [0.1, 0.15) is 0 Å². The molecule has 25 heavy (non-hydrogen) atoms. The maximum absolute atomic E-state index is 13.0. The number of nitrogens with zero attached hydrogens (tertiary/aromatic N) is 1. The summed E-state index contributed by atoms with van der Waals surface area (Å²) in [6.07, 6.45) is 8.17. The summed E-state index contributed by atoms with van der Waals surface area (Å²) in [7, 11) is 0. The van der Waals surface area contributed by atoms with E-state index >= 15 is 0 Å². The molecule has 2 amide bonds. The molecular weight excluding hydrogens is 336 g/mol. The Morgan fingerprint density at radius 3 is 2.28 bits per heavy atom. The average molecular weight is 360 g/mol. The maximum atomic E-state index is 13.0. The van der Waals surface area contributed by atoms with Crippen molar-refractivity contribution in [1.82, 2.24) is 0 Å². The first-order chi connectivity index (χ1) is 12.0. The van der Waals surface area contributed by atoms with Gasteiger partial charge in [0.2, 0.25) is 5.91 Å². The molecule has 5 aliphatic rings. The summed E-state index contributed by atoms with van der Waals surface area (Å²) in [5.41, 5.74) is 0.809. The molecule has 1 saturated heterocycles. The zero-order valence-corrected chi connectivity index (χ0v) is 15.0. The third-order valence-corrected chi connectivity index (χ3v) is 7.12. The fourth-order valence-electron chi connectivity index (χ4n) is 6.48. The SMILES string of the molecule is O=C1C[C@H]([NH2+]C23CC4CC(CC(C4)C2)C3)C(=O)N1c1cccc(Cl)c1. The summed E-state index contributed by atoms with van der Waals surface area (Å²) < 4.78 is 0. The second-order valence-electron chi connectivity index (χ2n) is 8.80. The summed E-state index contributed by atoms with van der Waals surface area (Å²) in [6, 6.07) is 6.77. The molecule has 1 aromatic rings. The van der Waals surface area contributed by atoms with Gasteiger partial charge in [-0.25, -0.2) is 4.90 Å². The number of hydrogen-bond donors (Lipinski definition) is 1. The first kappa shape index (κ1) is 15.8. The van der Waals surface area contributed by atoms with Crippen molar-refractivity contribution in [3.05, 3.63) is 29.3 Å². The standard InChI is InChI=1S/C20H23ClN2O2/c21-15-2-1-3-16(7-15)23-18(24)8-17(19(23)25)22-20-9-12-4-13(10-20)6-14(5-12)11-20/h1-3,7,12-14,17,22H,4-6,8-11H2/p+1/t12?,13?,14?,17-,20?/m0/s1. The third kappa shape index (κ3) is 2.61. The molecule has 4 bridgehead atoms. The molecule has 4 aliphatic carbocycles.